The lowest BCUT2D eigenvalue weighted by Crippen LogP contribution is -2.29. The Morgan fingerprint density at radius 2 is 1.89 bits per heavy atom. The number of nitrogens with one attached hydrogen (secondary N) is 2. The monoisotopic (exact) mass is 548 g/mol. The zero-order chi connectivity index (χ0) is 26.8. The van der Waals surface area contributed by atoms with E-state index in [0.29, 0.717) is 6.07 Å². The van der Waals surface area contributed by atoms with Gasteiger partial charge in [0, 0.05) is 18.9 Å². The minimum absolute atomic E-state index is 0.0808. The number of thiazole rings is 1. The van der Waals surface area contributed by atoms with E-state index in [1.807, 2.05) is 0 Å². The molecule has 0 aliphatic heterocycles. The van der Waals surface area contributed by atoms with Gasteiger partial charge in [0.2, 0.25) is 5.13 Å². The third-order valence-electron chi connectivity index (χ3n) is 4.46. The van der Waals surface area contributed by atoms with Crippen LogP contribution in [0.15, 0.2) is 29.3 Å². The van der Waals surface area contributed by atoms with E-state index in [9.17, 15) is 31.2 Å². The molecule has 2 aromatic heterocycles. The zero-order valence-corrected chi connectivity index (χ0v) is 20.7. The van der Waals surface area contributed by atoms with E-state index in [4.69, 9.17) is 4.74 Å². The molecule has 0 bridgehead atoms. The number of aromatic nitrogens is 4. The number of amides is 2. The Labute approximate surface area is 206 Å². The first kappa shape index (κ1) is 26.9. The largest absolute Gasteiger partial charge is 0.573 e. The molecule has 0 radical (unpaired) electrons. The van der Waals surface area contributed by atoms with Crippen LogP contribution in [0.5, 0.6) is 11.8 Å². The first-order valence-electron chi connectivity index (χ1n) is 9.83. The van der Waals surface area contributed by atoms with Crippen LogP contribution in [0, 0.1) is 0 Å². The van der Waals surface area contributed by atoms with E-state index in [2.05, 4.69) is 30.4 Å². The molecule has 0 saturated heterocycles. The van der Waals surface area contributed by atoms with Crippen LogP contribution in [0.4, 0.5) is 13.2 Å². The summed E-state index contributed by atoms with van der Waals surface area (Å²) in [6.45, 7) is 1.50. The molecule has 1 aromatic carbocycles. The topological polar surface area (TPSA) is 154 Å². The van der Waals surface area contributed by atoms with Gasteiger partial charge < -0.3 is 20.1 Å². The lowest BCUT2D eigenvalue weighted by Gasteiger charge is -2.15. The molecule has 0 fully saturated rings. The van der Waals surface area contributed by atoms with Gasteiger partial charge in [-0.1, -0.05) is 11.3 Å². The smallest absolute Gasteiger partial charge is 0.466 e. The minimum Gasteiger partial charge on any atom is -0.466 e. The molecular formula is C19H19F3N6O6S2. The fraction of sp³-hybridized carbons (Fsp3) is 0.316. The van der Waals surface area contributed by atoms with E-state index >= 15 is 0 Å². The number of carbonyl (C=O) groups is 2. The van der Waals surface area contributed by atoms with Crippen molar-refractivity contribution in [1.82, 2.24) is 30.4 Å². The number of ether oxygens (including phenoxy) is 2. The number of halogens is 3. The van der Waals surface area contributed by atoms with Crippen molar-refractivity contribution in [3.8, 4) is 16.9 Å². The van der Waals surface area contributed by atoms with E-state index < -0.39 is 44.4 Å². The fourth-order valence-electron chi connectivity index (χ4n) is 2.86. The second kappa shape index (κ2) is 10.1. The van der Waals surface area contributed by atoms with Crippen molar-refractivity contribution in [2.24, 2.45) is 0 Å². The summed E-state index contributed by atoms with van der Waals surface area (Å²) in [6.07, 6.45) is -3.01. The molecule has 3 aromatic rings. The van der Waals surface area contributed by atoms with Gasteiger partial charge in [0.1, 0.15) is 10.6 Å². The summed E-state index contributed by atoms with van der Waals surface area (Å²) >= 11 is 0.981. The van der Waals surface area contributed by atoms with Crippen molar-refractivity contribution in [2.45, 2.75) is 24.2 Å². The molecule has 12 nitrogen and oxygen atoms in total. The summed E-state index contributed by atoms with van der Waals surface area (Å²) in [6, 6.07) is 1.34. The third-order valence-corrected chi connectivity index (χ3v) is 6.52. The van der Waals surface area contributed by atoms with Gasteiger partial charge in [-0.05, 0) is 25.1 Å². The maximum atomic E-state index is 12.9. The molecule has 0 aliphatic rings. The van der Waals surface area contributed by atoms with Gasteiger partial charge in [0.05, 0.1) is 24.2 Å². The summed E-state index contributed by atoms with van der Waals surface area (Å²) in [5.74, 6) is -2.06. The molecule has 0 unspecified atom stereocenters. The Morgan fingerprint density at radius 3 is 2.47 bits per heavy atom. The van der Waals surface area contributed by atoms with Crippen LogP contribution in [-0.4, -0.2) is 66.8 Å². The molecule has 0 saturated carbocycles. The van der Waals surface area contributed by atoms with E-state index in [1.165, 1.54) is 32.0 Å². The minimum atomic E-state index is -5.11. The Hall–Kier alpha value is -3.73. The van der Waals surface area contributed by atoms with Gasteiger partial charge in [-0.15, -0.1) is 18.3 Å². The molecule has 0 spiro atoms. The van der Waals surface area contributed by atoms with Crippen LogP contribution in [0.2, 0.25) is 0 Å². The summed E-state index contributed by atoms with van der Waals surface area (Å²) in [4.78, 5) is 32.8. The van der Waals surface area contributed by atoms with Crippen molar-refractivity contribution < 1.29 is 40.7 Å². The van der Waals surface area contributed by atoms with Gasteiger partial charge in [-0.3, -0.25) is 9.59 Å². The molecule has 2 N–H and O–H groups in total. The van der Waals surface area contributed by atoms with Crippen LogP contribution in [-0.2, 0) is 9.84 Å². The lowest BCUT2D eigenvalue weighted by atomic mass is 10.2. The number of sulfone groups is 1. The predicted octanol–water partition coefficient (Wildman–Crippen LogP) is 1.89. The highest BCUT2D eigenvalue weighted by Crippen LogP contribution is 2.28. The maximum absolute atomic E-state index is 12.9. The average molecular weight is 549 g/mol. The number of methoxy groups -OCH3 is 1. The number of hydrogen-bond donors (Lipinski definition) is 2. The van der Waals surface area contributed by atoms with Crippen molar-refractivity contribution in [1.29, 1.82) is 0 Å². The second-order valence-corrected chi connectivity index (χ2v) is 10.2. The fourth-order valence-corrected chi connectivity index (χ4v) is 4.35. The van der Waals surface area contributed by atoms with Crippen molar-refractivity contribution in [3.05, 3.63) is 40.7 Å². The third kappa shape index (κ3) is 6.28. The zero-order valence-electron chi connectivity index (χ0n) is 19.1. The number of nitrogens with zero attached hydrogens (tertiary/aromatic N) is 4. The van der Waals surface area contributed by atoms with Gasteiger partial charge in [0.25, 0.3) is 11.8 Å². The van der Waals surface area contributed by atoms with E-state index in [1.54, 1.807) is 0 Å². The van der Waals surface area contributed by atoms with Gasteiger partial charge in [-0.25, -0.2) is 13.4 Å². The number of carbonyl (C=O) groups excluding carboxylic acids is 2. The highest BCUT2D eigenvalue weighted by atomic mass is 32.2. The van der Waals surface area contributed by atoms with Crippen molar-refractivity contribution >= 4 is 33.0 Å². The van der Waals surface area contributed by atoms with Crippen LogP contribution >= 0.6 is 11.3 Å². The average Bonchev–Trinajstić information content (AvgIpc) is 3.43. The van der Waals surface area contributed by atoms with Gasteiger partial charge >= 0.3 is 12.4 Å². The van der Waals surface area contributed by atoms with Crippen LogP contribution in [0.3, 0.4) is 0 Å². The Bertz CT molecular complexity index is 1400. The predicted molar refractivity (Wildman–Crippen MR) is 119 cm³/mol. The molecule has 2 heterocycles. The number of rotatable bonds is 8. The van der Waals surface area contributed by atoms with Crippen LogP contribution in [0.1, 0.15) is 38.8 Å². The molecule has 194 valence electrons. The molecule has 3 rings (SSSR count). The second-order valence-electron chi connectivity index (χ2n) is 7.16. The summed E-state index contributed by atoms with van der Waals surface area (Å²) in [5, 5.41) is 9.32. The molecule has 0 aliphatic carbocycles. The van der Waals surface area contributed by atoms with Crippen molar-refractivity contribution in [2.75, 3.05) is 20.4 Å². The first-order chi connectivity index (χ1) is 16.7. The number of benzene rings is 1. The molecule has 1 atom stereocenters. The highest BCUT2D eigenvalue weighted by Gasteiger charge is 2.32. The standard InChI is InChI=1S/C19H19F3N6O6S2/c1-9(14-26-17(33-3)27-28(14)18-24-8-13(35-18)16(30)23-2)25-15(29)10-5-11(34-19(20,21)22)7-12(6-10)36(4,31)32/h5-9H,1-4H3,(H,23,30)(H,25,29)/t9-/m0/s1. The molecule has 2 amide bonds. The van der Waals surface area contributed by atoms with E-state index in [-0.39, 0.29) is 27.8 Å². The number of hydrogen-bond acceptors (Lipinski definition) is 10. The number of alkyl halides is 3. The highest BCUT2D eigenvalue weighted by molar-refractivity contribution is 7.90. The quantitative estimate of drug-likeness (QED) is 0.429. The molecule has 36 heavy (non-hydrogen) atoms. The van der Waals surface area contributed by atoms with Crippen molar-refractivity contribution in [3.63, 3.8) is 0 Å². The maximum Gasteiger partial charge on any atom is 0.573 e. The molecule has 17 heteroatoms. The summed E-state index contributed by atoms with van der Waals surface area (Å²) in [5.41, 5.74) is -0.404. The SMILES string of the molecule is CNC(=O)c1cnc(-n2nc(OC)nc2[C@H](C)NC(=O)c2cc(OC(F)(F)F)cc(S(C)(=O)=O)c2)s1. The normalized spacial score (nSPS) is 12.6. The van der Waals surface area contributed by atoms with Crippen LogP contribution in [0.25, 0.3) is 5.13 Å². The summed E-state index contributed by atoms with van der Waals surface area (Å²) in [7, 11) is -1.22. The Morgan fingerprint density at radius 1 is 1.19 bits per heavy atom. The Balaban J connectivity index is 1.95. The first-order valence-corrected chi connectivity index (χ1v) is 12.5. The Kier molecular flexibility index (Phi) is 7.54. The van der Waals surface area contributed by atoms with Gasteiger partial charge in [0.15, 0.2) is 15.7 Å². The lowest BCUT2D eigenvalue weighted by molar-refractivity contribution is -0.274. The van der Waals surface area contributed by atoms with Crippen LogP contribution < -0.4 is 20.1 Å². The summed E-state index contributed by atoms with van der Waals surface area (Å²) < 4.78 is 72.1. The van der Waals surface area contributed by atoms with E-state index in [0.717, 1.165) is 29.7 Å². The molecular weight excluding hydrogens is 529 g/mol. The van der Waals surface area contributed by atoms with Gasteiger partial charge in [-0.2, -0.15) is 9.67 Å².